The smallest absolute Gasteiger partial charge is 0.241 e. The zero-order valence-electron chi connectivity index (χ0n) is 16.5. The number of benzene rings is 2. The largest absolute Gasteiger partial charge is 0.350 e. The molecule has 148 valence electrons. The van der Waals surface area contributed by atoms with Gasteiger partial charge in [0.05, 0.1) is 22.6 Å². The predicted molar refractivity (Wildman–Crippen MR) is 108 cm³/mol. The Hall–Kier alpha value is -2.69. The Morgan fingerprint density at radius 2 is 1.68 bits per heavy atom. The van der Waals surface area contributed by atoms with E-state index in [2.05, 4.69) is 10.0 Å². The SMILES string of the molecule is Cc1cc(C)c(S(=O)(=O)NCCC(=O)NC(C)c2ccc(C#N)cc2)c(C)c1. The second-order valence-corrected chi connectivity index (χ2v) is 8.60. The van der Waals surface area contributed by atoms with Crippen molar-refractivity contribution < 1.29 is 13.2 Å². The lowest BCUT2D eigenvalue weighted by atomic mass is 10.1. The second kappa shape index (κ2) is 9.00. The zero-order chi connectivity index (χ0) is 20.9. The van der Waals surface area contributed by atoms with Crippen LogP contribution in [0.3, 0.4) is 0 Å². The van der Waals surface area contributed by atoms with Gasteiger partial charge in [-0.15, -0.1) is 0 Å². The highest BCUT2D eigenvalue weighted by molar-refractivity contribution is 7.89. The molecule has 0 aliphatic carbocycles. The Morgan fingerprint density at radius 3 is 2.21 bits per heavy atom. The maximum Gasteiger partial charge on any atom is 0.241 e. The van der Waals surface area contributed by atoms with Crippen LogP contribution in [0, 0.1) is 32.1 Å². The Morgan fingerprint density at radius 1 is 1.11 bits per heavy atom. The summed E-state index contributed by atoms with van der Waals surface area (Å²) in [4.78, 5) is 12.4. The first kappa shape index (κ1) is 21.6. The number of aryl methyl sites for hydroxylation is 3. The minimum atomic E-state index is -3.68. The van der Waals surface area contributed by atoms with Gasteiger partial charge in [0.1, 0.15) is 0 Å². The molecule has 6 nitrogen and oxygen atoms in total. The highest BCUT2D eigenvalue weighted by Gasteiger charge is 2.20. The van der Waals surface area contributed by atoms with Crippen molar-refractivity contribution in [3.05, 3.63) is 64.2 Å². The normalized spacial score (nSPS) is 12.2. The Kier molecular flexibility index (Phi) is 6.95. The molecule has 2 rings (SSSR count). The van der Waals surface area contributed by atoms with Crippen LogP contribution < -0.4 is 10.0 Å². The van der Waals surface area contributed by atoms with E-state index >= 15 is 0 Å². The number of carbonyl (C=O) groups excluding carboxylic acids is 1. The van der Waals surface area contributed by atoms with Crippen molar-refractivity contribution in [1.29, 1.82) is 5.26 Å². The van der Waals surface area contributed by atoms with Gasteiger partial charge in [-0.2, -0.15) is 5.26 Å². The summed E-state index contributed by atoms with van der Waals surface area (Å²) in [5, 5.41) is 11.7. The number of rotatable bonds is 7. The van der Waals surface area contributed by atoms with Gasteiger partial charge < -0.3 is 5.32 Å². The van der Waals surface area contributed by atoms with Crippen LogP contribution in [0.1, 0.15) is 47.2 Å². The fraction of sp³-hybridized carbons (Fsp3) is 0.333. The molecule has 0 radical (unpaired) electrons. The number of nitrogens with zero attached hydrogens (tertiary/aromatic N) is 1. The van der Waals surface area contributed by atoms with Crippen molar-refractivity contribution in [2.45, 2.75) is 45.1 Å². The average Bonchev–Trinajstić information content (AvgIpc) is 2.60. The molecule has 2 aromatic rings. The van der Waals surface area contributed by atoms with Gasteiger partial charge in [-0.3, -0.25) is 4.79 Å². The van der Waals surface area contributed by atoms with Gasteiger partial charge in [0.15, 0.2) is 0 Å². The molecule has 0 aromatic heterocycles. The number of hydrogen-bond donors (Lipinski definition) is 2. The first-order valence-corrected chi connectivity index (χ1v) is 10.5. The fourth-order valence-electron chi connectivity index (χ4n) is 3.21. The van der Waals surface area contributed by atoms with Crippen LogP contribution >= 0.6 is 0 Å². The maximum atomic E-state index is 12.6. The molecular formula is C21H25N3O3S. The summed E-state index contributed by atoms with van der Waals surface area (Å²) in [5.74, 6) is -0.253. The van der Waals surface area contributed by atoms with Crippen molar-refractivity contribution in [3.8, 4) is 6.07 Å². The molecule has 0 spiro atoms. The minimum absolute atomic E-state index is 0.0149. The van der Waals surface area contributed by atoms with Gasteiger partial charge in [-0.25, -0.2) is 13.1 Å². The predicted octanol–water partition coefficient (Wildman–Crippen LogP) is 3.03. The van der Waals surface area contributed by atoms with E-state index in [0.29, 0.717) is 16.7 Å². The van der Waals surface area contributed by atoms with E-state index in [1.165, 1.54) is 0 Å². The summed E-state index contributed by atoms with van der Waals surface area (Å²) in [5.41, 5.74) is 3.80. The first-order valence-electron chi connectivity index (χ1n) is 9.01. The van der Waals surface area contributed by atoms with Gasteiger partial charge >= 0.3 is 0 Å². The molecule has 1 unspecified atom stereocenters. The molecule has 0 saturated heterocycles. The molecular weight excluding hydrogens is 374 g/mol. The molecule has 28 heavy (non-hydrogen) atoms. The average molecular weight is 400 g/mol. The molecule has 1 atom stereocenters. The topological polar surface area (TPSA) is 99.1 Å². The zero-order valence-corrected chi connectivity index (χ0v) is 17.4. The first-order chi connectivity index (χ1) is 13.1. The van der Waals surface area contributed by atoms with E-state index in [4.69, 9.17) is 5.26 Å². The minimum Gasteiger partial charge on any atom is -0.350 e. The van der Waals surface area contributed by atoms with Crippen LogP contribution in [0.2, 0.25) is 0 Å². The third kappa shape index (κ3) is 5.41. The van der Waals surface area contributed by atoms with Gasteiger partial charge in [0, 0.05) is 13.0 Å². The van der Waals surface area contributed by atoms with Crippen LogP contribution in [0.25, 0.3) is 0 Å². The molecule has 0 heterocycles. The molecule has 0 saturated carbocycles. The third-order valence-electron chi connectivity index (χ3n) is 4.43. The lowest BCUT2D eigenvalue weighted by Crippen LogP contribution is -2.32. The summed E-state index contributed by atoms with van der Waals surface area (Å²) in [6.45, 7) is 7.30. The van der Waals surface area contributed by atoms with Crippen molar-refractivity contribution in [3.63, 3.8) is 0 Å². The molecule has 2 aromatic carbocycles. The Balaban J connectivity index is 1.93. The van der Waals surface area contributed by atoms with E-state index in [-0.39, 0.29) is 29.8 Å². The number of amides is 1. The van der Waals surface area contributed by atoms with Gasteiger partial charge in [-0.1, -0.05) is 29.8 Å². The van der Waals surface area contributed by atoms with Crippen LogP contribution in [-0.2, 0) is 14.8 Å². The quantitative estimate of drug-likeness (QED) is 0.747. The molecule has 0 aliphatic rings. The van der Waals surface area contributed by atoms with E-state index < -0.39 is 10.0 Å². The summed E-state index contributed by atoms with van der Waals surface area (Å²) in [7, 11) is -3.68. The van der Waals surface area contributed by atoms with Crippen LogP contribution in [0.15, 0.2) is 41.3 Å². The molecule has 0 bridgehead atoms. The Labute approximate surface area is 166 Å². The number of carbonyl (C=O) groups is 1. The maximum absolute atomic E-state index is 12.6. The van der Waals surface area contributed by atoms with Crippen LogP contribution in [0.4, 0.5) is 0 Å². The summed E-state index contributed by atoms with van der Waals surface area (Å²) in [6.07, 6.45) is 0.0316. The second-order valence-electron chi connectivity index (χ2n) is 6.90. The number of nitrogens with one attached hydrogen (secondary N) is 2. The van der Waals surface area contributed by atoms with Gasteiger partial charge in [0.2, 0.25) is 15.9 Å². The van der Waals surface area contributed by atoms with Crippen molar-refractivity contribution in [2.24, 2.45) is 0 Å². The van der Waals surface area contributed by atoms with Crippen molar-refractivity contribution in [2.75, 3.05) is 6.54 Å². The van der Waals surface area contributed by atoms with E-state index in [1.54, 1.807) is 38.1 Å². The van der Waals surface area contributed by atoms with Crippen LogP contribution in [-0.4, -0.2) is 20.9 Å². The standard InChI is InChI=1S/C21H25N3O3S/c1-14-11-15(2)21(16(3)12-14)28(26,27)23-10-9-20(25)24-17(4)19-7-5-18(13-22)6-8-19/h5-8,11-12,17,23H,9-10H2,1-4H3,(H,24,25). The molecule has 7 heteroatoms. The molecule has 0 aliphatic heterocycles. The Bertz CT molecular complexity index is 983. The lowest BCUT2D eigenvalue weighted by molar-refractivity contribution is -0.121. The highest BCUT2D eigenvalue weighted by Crippen LogP contribution is 2.21. The summed E-state index contributed by atoms with van der Waals surface area (Å²) >= 11 is 0. The summed E-state index contributed by atoms with van der Waals surface area (Å²) in [6, 6.07) is 12.4. The van der Waals surface area contributed by atoms with Gasteiger partial charge in [0.25, 0.3) is 0 Å². The highest BCUT2D eigenvalue weighted by atomic mass is 32.2. The molecule has 1 amide bonds. The number of hydrogen-bond acceptors (Lipinski definition) is 4. The van der Waals surface area contributed by atoms with Crippen molar-refractivity contribution in [1.82, 2.24) is 10.0 Å². The monoisotopic (exact) mass is 399 g/mol. The van der Waals surface area contributed by atoms with Gasteiger partial charge in [-0.05, 0) is 56.5 Å². The van der Waals surface area contributed by atoms with E-state index in [9.17, 15) is 13.2 Å². The molecule has 2 N–H and O–H groups in total. The third-order valence-corrected chi connectivity index (χ3v) is 6.20. The lowest BCUT2D eigenvalue weighted by Gasteiger charge is -2.15. The summed E-state index contributed by atoms with van der Waals surface area (Å²) < 4.78 is 27.7. The van der Waals surface area contributed by atoms with Crippen LogP contribution in [0.5, 0.6) is 0 Å². The molecule has 0 fully saturated rings. The number of nitriles is 1. The van der Waals surface area contributed by atoms with E-state index in [1.807, 2.05) is 32.0 Å². The van der Waals surface area contributed by atoms with E-state index in [0.717, 1.165) is 11.1 Å². The number of sulfonamides is 1. The fourth-order valence-corrected chi connectivity index (χ4v) is 4.69. The van der Waals surface area contributed by atoms with Crippen molar-refractivity contribution >= 4 is 15.9 Å².